The lowest BCUT2D eigenvalue weighted by atomic mass is 10.1. The molecule has 0 bridgehead atoms. The highest BCUT2D eigenvalue weighted by molar-refractivity contribution is 4.92. The van der Waals surface area contributed by atoms with E-state index in [1.54, 1.807) is 0 Å². The lowest BCUT2D eigenvalue weighted by Gasteiger charge is -2.18. The van der Waals surface area contributed by atoms with Gasteiger partial charge >= 0.3 is 12.4 Å². The third-order valence-corrected chi connectivity index (χ3v) is 0.970. The van der Waals surface area contributed by atoms with E-state index < -0.39 is 30.7 Å². The lowest BCUT2D eigenvalue weighted by molar-refractivity contribution is -0.267. The van der Waals surface area contributed by atoms with Crippen LogP contribution >= 0.6 is 0 Å². The molecule has 0 saturated heterocycles. The molecule has 0 N–H and O–H groups in total. The van der Waals surface area contributed by atoms with Crippen molar-refractivity contribution in [2.75, 3.05) is 0 Å². The second-order valence-corrected chi connectivity index (χ2v) is 1.88. The molecule has 0 unspecified atom stereocenters. The highest BCUT2D eigenvalue weighted by atomic mass is 19.4. The Morgan fingerprint density at radius 2 is 1.17 bits per heavy atom. The van der Waals surface area contributed by atoms with Crippen molar-refractivity contribution in [3.63, 3.8) is 0 Å². The molecular weight excluding hydrogens is 193 g/mol. The van der Waals surface area contributed by atoms with Gasteiger partial charge in [0.25, 0.3) is 0 Å². The van der Waals surface area contributed by atoms with Crippen molar-refractivity contribution in [1.29, 1.82) is 0 Å². The van der Waals surface area contributed by atoms with Crippen molar-refractivity contribution in [3.8, 4) is 0 Å². The largest absolute Gasteiger partial charge is 0.403 e. The van der Waals surface area contributed by atoms with E-state index in [9.17, 15) is 30.7 Å². The van der Waals surface area contributed by atoms with Gasteiger partial charge < -0.3 is 0 Å². The zero-order valence-electron chi connectivity index (χ0n) is 5.38. The maximum atomic E-state index is 11.5. The van der Waals surface area contributed by atoms with Gasteiger partial charge in [-0.05, 0) is 6.08 Å². The number of halogens is 7. The van der Waals surface area contributed by atoms with Gasteiger partial charge in [-0.25, -0.2) is 4.39 Å². The molecule has 0 fully saturated rings. The Morgan fingerprint density at radius 1 is 0.833 bits per heavy atom. The van der Waals surface area contributed by atoms with Crippen LogP contribution in [0, 0.1) is 5.92 Å². The van der Waals surface area contributed by atoms with Gasteiger partial charge in [-0.2, -0.15) is 26.3 Å². The quantitative estimate of drug-likeness (QED) is 0.565. The van der Waals surface area contributed by atoms with Gasteiger partial charge in [0.15, 0.2) is 5.92 Å². The molecule has 72 valence electrons. The van der Waals surface area contributed by atoms with Gasteiger partial charge in [0.05, 0.1) is 6.33 Å². The third kappa shape index (κ3) is 3.10. The summed E-state index contributed by atoms with van der Waals surface area (Å²) in [5, 5.41) is 0. The molecule has 0 rings (SSSR count). The van der Waals surface area contributed by atoms with Gasteiger partial charge in [0.2, 0.25) is 0 Å². The summed E-state index contributed by atoms with van der Waals surface area (Å²) in [5.41, 5.74) is 0. The molecule has 0 aromatic heterocycles. The summed E-state index contributed by atoms with van der Waals surface area (Å²) in [5.74, 6) is -3.73. The minimum Gasteiger partial charge on any atom is -0.216 e. The summed E-state index contributed by atoms with van der Waals surface area (Å²) in [6.07, 6.45) is -12.4. The number of rotatable bonds is 1. The molecule has 0 atom stereocenters. The summed E-state index contributed by atoms with van der Waals surface area (Å²) >= 11 is 0. The van der Waals surface area contributed by atoms with Crippen LogP contribution in [0.15, 0.2) is 12.4 Å². The van der Waals surface area contributed by atoms with E-state index in [4.69, 9.17) is 0 Å². The molecular formula is C5H3F7. The zero-order valence-corrected chi connectivity index (χ0v) is 5.38. The second-order valence-electron chi connectivity index (χ2n) is 1.88. The number of alkyl halides is 6. The van der Waals surface area contributed by atoms with Gasteiger partial charge in [-0.3, -0.25) is 0 Å². The summed E-state index contributed by atoms with van der Waals surface area (Å²) < 4.78 is 79.9. The van der Waals surface area contributed by atoms with E-state index in [1.165, 1.54) is 0 Å². The van der Waals surface area contributed by atoms with Crippen molar-refractivity contribution in [1.82, 2.24) is 0 Å². The van der Waals surface area contributed by atoms with Crippen LogP contribution in [0.3, 0.4) is 0 Å². The molecule has 0 amide bonds. The summed E-state index contributed by atoms with van der Waals surface area (Å²) in [7, 11) is 0. The van der Waals surface area contributed by atoms with Gasteiger partial charge in [0, 0.05) is 0 Å². The van der Waals surface area contributed by atoms with Crippen LogP contribution in [0.25, 0.3) is 0 Å². The van der Waals surface area contributed by atoms with E-state index in [-0.39, 0.29) is 0 Å². The molecule has 0 aromatic carbocycles. The Hall–Kier alpha value is -0.750. The Morgan fingerprint density at radius 3 is 1.25 bits per heavy atom. The number of allylic oxidation sites excluding steroid dienone is 1. The average molecular weight is 196 g/mol. The van der Waals surface area contributed by atoms with Crippen LogP contribution in [0.5, 0.6) is 0 Å². The molecule has 0 radical (unpaired) electrons. The first-order valence-corrected chi connectivity index (χ1v) is 2.60. The fourth-order valence-electron chi connectivity index (χ4n) is 0.477. The average Bonchev–Trinajstić information content (AvgIpc) is 1.77. The molecule has 0 aliphatic carbocycles. The van der Waals surface area contributed by atoms with Crippen LogP contribution in [0.2, 0.25) is 0 Å². The minimum atomic E-state index is -5.50. The van der Waals surface area contributed by atoms with Crippen LogP contribution in [-0.4, -0.2) is 12.4 Å². The standard InChI is InChI=1S/C5H3F7/c6-2-1-3(4(7,8)9)5(10,11)12/h1-3H. The monoisotopic (exact) mass is 196 g/mol. The van der Waals surface area contributed by atoms with E-state index in [2.05, 4.69) is 0 Å². The molecule has 7 heteroatoms. The molecule has 0 aliphatic rings. The summed E-state index contributed by atoms with van der Waals surface area (Å²) in [6, 6.07) is 0. The van der Waals surface area contributed by atoms with E-state index in [1.807, 2.05) is 0 Å². The SMILES string of the molecule is FC=CC(C(F)(F)F)C(F)(F)F. The first-order chi connectivity index (χ1) is 5.19. The molecule has 0 nitrogen and oxygen atoms in total. The highest BCUT2D eigenvalue weighted by Gasteiger charge is 2.55. The molecule has 0 saturated carbocycles. The normalized spacial score (nSPS) is 14.7. The Bertz CT molecular complexity index is 148. The summed E-state index contributed by atoms with van der Waals surface area (Å²) in [6.45, 7) is 0. The summed E-state index contributed by atoms with van der Waals surface area (Å²) in [4.78, 5) is 0. The van der Waals surface area contributed by atoms with Gasteiger partial charge in [-0.15, -0.1) is 0 Å². The van der Waals surface area contributed by atoms with E-state index in [0.717, 1.165) is 0 Å². The Balaban J connectivity index is 4.69. The van der Waals surface area contributed by atoms with Gasteiger partial charge in [-0.1, -0.05) is 0 Å². The zero-order chi connectivity index (χ0) is 9.99. The maximum absolute atomic E-state index is 11.5. The first kappa shape index (κ1) is 11.2. The Kier molecular flexibility index (Phi) is 3.11. The predicted octanol–water partition coefficient (Wildman–Crippen LogP) is 3.21. The fraction of sp³-hybridized carbons (Fsp3) is 0.600. The maximum Gasteiger partial charge on any atom is 0.403 e. The van der Waals surface area contributed by atoms with Crippen LogP contribution < -0.4 is 0 Å². The van der Waals surface area contributed by atoms with Crippen molar-refractivity contribution >= 4 is 0 Å². The molecule has 0 aromatic rings. The smallest absolute Gasteiger partial charge is 0.216 e. The van der Waals surface area contributed by atoms with Crippen molar-refractivity contribution in [3.05, 3.63) is 12.4 Å². The second kappa shape index (κ2) is 3.32. The van der Waals surface area contributed by atoms with E-state index >= 15 is 0 Å². The number of hydrogen-bond donors (Lipinski definition) is 0. The van der Waals surface area contributed by atoms with Crippen LogP contribution in [-0.2, 0) is 0 Å². The van der Waals surface area contributed by atoms with Crippen LogP contribution in [0.4, 0.5) is 30.7 Å². The third-order valence-electron chi connectivity index (χ3n) is 0.970. The van der Waals surface area contributed by atoms with Crippen molar-refractivity contribution < 1.29 is 30.7 Å². The van der Waals surface area contributed by atoms with Gasteiger partial charge in [0.1, 0.15) is 0 Å². The topological polar surface area (TPSA) is 0 Å². The first-order valence-electron chi connectivity index (χ1n) is 2.60. The van der Waals surface area contributed by atoms with E-state index in [0.29, 0.717) is 0 Å². The van der Waals surface area contributed by atoms with Crippen molar-refractivity contribution in [2.45, 2.75) is 12.4 Å². The highest BCUT2D eigenvalue weighted by Crippen LogP contribution is 2.39. The molecule has 12 heavy (non-hydrogen) atoms. The Labute approximate surface area is 62.7 Å². The van der Waals surface area contributed by atoms with Crippen molar-refractivity contribution in [2.24, 2.45) is 5.92 Å². The fourth-order valence-corrected chi connectivity index (χ4v) is 0.477. The molecule has 0 heterocycles. The number of hydrogen-bond acceptors (Lipinski definition) is 0. The molecule has 0 aliphatic heterocycles. The minimum absolute atomic E-state index is 0.583. The molecule has 0 spiro atoms. The van der Waals surface area contributed by atoms with Crippen LogP contribution in [0.1, 0.15) is 0 Å². The lowest BCUT2D eigenvalue weighted by Crippen LogP contribution is -2.34. The predicted molar refractivity (Wildman–Crippen MR) is 25.8 cm³/mol.